The van der Waals surface area contributed by atoms with E-state index in [9.17, 15) is 67.8 Å². The topological polar surface area (TPSA) is 414 Å². The largest absolute Gasteiger partial charge is 0.610 e. The highest BCUT2D eigenvalue weighted by molar-refractivity contribution is 8.76. The summed E-state index contributed by atoms with van der Waals surface area (Å²) in [5, 5.41) is 51.9. The van der Waals surface area contributed by atoms with Crippen LogP contribution in [-0.2, 0) is 65.5 Å². The Bertz CT molecular complexity index is 2530. The second-order valence-corrected chi connectivity index (χ2v) is 24.2. The van der Waals surface area contributed by atoms with E-state index in [1.54, 1.807) is 52.8 Å². The minimum atomic E-state index is -2.40. The summed E-state index contributed by atoms with van der Waals surface area (Å²) < 4.78 is 26.3. The predicted molar refractivity (Wildman–Crippen MR) is 285 cm³/mol. The maximum atomic E-state index is 15.0. The van der Waals surface area contributed by atoms with Crippen molar-refractivity contribution in [2.45, 2.75) is 126 Å². The smallest absolute Gasteiger partial charge is 0.407 e. The van der Waals surface area contributed by atoms with Crippen molar-refractivity contribution < 1.29 is 77.3 Å². The zero-order valence-electron chi connectivity index (χ0n) is 44.1. The van der Waals surface area contributed by atoms with Crippen molar-refractivity contribution in [3.63, 3.8) is 0 Å². The number of aliphatic hydroxyl groups is 3. The minimum absolute atomic E-state index is 0.116. The fourth-order valence-electron chi connectivity index (χ4n) is 8.60. The van der Waals surface area contributed by atoms with Gasteiger partial charge in [0.25, 0.3) is 0 Å². The number of aliphatic hydroxyl groups excluding tert-OH is 3. The Labute approximate surface area is 460 Å². The molecule has 1 fully saturated rings. The highest BCUT2D eigenvalue weighted by Crippen LogP contribution is 2.32. The fraction of sp³-hybridized carbons (Fsp3) is 0.625. The summed E-state index contributed by atoms with van der Waals surface area (Å²) in [4.78, 5) is 142. The number of hydrogen-bond acceptors (Lipinski definition) is 18. The van der Waals surface area contributed by atoms with E-state index in [1.807, 2.05) is 0 Å². The first-order valence-electron chi connectivity index (χ1n) is 25.3. The van der Waals surface area contributed by atoms with E-state index in [0.717, 1.165) is 4.90 Å². The first-order chi connectivity index (χ1) is 36.8. The quantitative estimate of drug-likeness (QED) is 0.0471. The van der Waals surface area contributed by atoms with Crippen LogP contribution in [0.5, 0.6) is 5.75 Å². The zero-order valence-corrected chi connectivity index (χ0v) is 46.5. The van der Waals surface area contributed by atoms with Gasteiger partial charge in [-0.05, 0) is 38.8 Å². The molecule has 432 valence electrons. The molecule has 1 saturated heterocycles. The Hall–Kier alpha value is -6.05. The molecule has 0 radical (unpaired) electrons. The molecule has 10 amide bonds. The third-order valence-corrected chi connectivity index (χ3v) is 16.7. The highest BCUT2D eigenvalue weighted by Gasteiger charge is 2.45. The number of benzene rings is 1. The number of alkyl carbamates (subject to hydrolysis) is 1. The summed E-state index contributed by atoms with van der Waals surface area (Å²) in [6, 6.07) is -5.29. The molecule has 3 unspecified atom stereocenters. The predicted octanol–water partition coefficient (Wildman–Crippen LogP) is -3.34. The van der Waals surface area contributed by atoms with Crippen LogP contribution in [0.4, 0.5) is 4.79 Å². The van der Waals surface area contributed by atoms with Crippen LogP contribution < -0.4 is 53.0 Å². The van der Waals surface area contributed by atoms with Gasteiger partial charge in [-0.15, -0.1) is 0 Å². The van der Waals surface area contributed by atoms with E-state index >= 15 is 0 Å². The summed E-state index contributed by atoms with van der Waals surface area (Å²) in [6.45, 7) is 7.61. The number of H-pyrrole nitrogens is 1. The maximum Gasteiger partial charge on any atom is 0.407 e. The number of hydrogen-bond donors (Lipinski definition) is 13. The van der Waals surface area contributed by atoms with Crippen molar-refractivity contribution >= 4 is 103 Å². The number of nitrogens with two attached hydrogens (primary N) is 1. The maximum absolute atomic E-state index is 15.0. The van der Waals surface area contributed by atoms with Crippen molar-refractivity contribution in [2.75, 3.05) is 56.7 Å². The van der Waals surface area contributed by atoms with E-state index in [0.29, 0.717) is 35.6 Å². The number of aromatic nitrogens is 1. The number of primary amides is 1. The molecule has 1 aromatic carbocycles. The third kappa shape index (κ3) is 17.7. The van der Waals surface area contributed by atoms with Gasteiger partial charge < -0.3 is 87.5 Å². The van der Waals surface area contributed by atoms with Gasteiger partial charge in [-0.25, -0.2) is 4.79 Å². The monoisotopic (exact) mass is 1150 g/mol. The summed E-state index contributed by atoms with van der Waals surface area (Å²) in [5.41, 5.74) is 5.31. The lowest BCUT2D eigenvalue weighted by Gasteiger charge is -2.32. The molecule has 0 aliphatic carbocycles. The second kappa shape index (κ2) is 28.7. The minimum Gasteiger partial charge on any atom is -0.610 e. The van der Waals surface area contributed by atoms with Crippen LogP contribution in [0.15, 0.2) is 23.2 Å². The molecular formula is C48H71N11O16S3. The molecular weight excluding hydrogens is 1080 g/mol. The molecule has 0 saturated carbocycles. The zero-order chi connectivity index (χ0) is 57.6. The number of amides is 10. The lowest BCUT2D eigenvalue weighted by molar-refractivity contribution is -0.144. The van der Waals surface area contributed by atoms with Gasteiger partial charge in [-0.2, -0.15) is 0 Å². The lowest BCUT2D eigenvalue weighted by Crippen LogP contribution is -2.62. The van der Waals surface area contributed by atoms with Crippen LogP contribution in [0.25, 0.3) is 10.9 Å². The molecule has 11 atom stereocenters. The Balaban J connectivity index is 1.62. The number of fused-ring (bicyclic) bond motifs is 5. The average Bonchev–Trinajstić information content (AvgIpc) is 3.97. The third-order valence-electron chi connectivity index (χ3n) is 12.9. The van der Waals surface area contributed by atoms with Crippen LogP contribution in [0.3, 0.4) is 0 Å². The normalized spacial score (nSPS) is 25.6. The molecule has 78 heavy (non-hydrogen) atoms. The van der Waals surface area contributed by atoms with E-state index in [1.165, 1.54) is 28.5 Å². The number of nitrogens with one attached hydrogen (secondary N) is 9. The molecule has 4 heterocycles. The molecule has 3 aliphatic rings. The molecule has 5 rings (SSSR count). The van der Waals surface area contributed by atoms with Crippen molar-refractivity contribution in [3.05, 3.63) is 23.8 Å². The van der Waals surface area contributed by atoms with Gasteiger partial charge in [0.2, 0.25) is 58.2 Å². The van der Waals surface area contributed by atoms with Gasteiger partial charge >= 0.3 is 6.09 Å². The Kier molecular flexibility index (Phi) is 23.1. The molecule has 2 aromatic rings. The van der Waals surface area contributed by atoms with Gasteiger partial charge in [0, 0.05) is 71.5 Å². The van der Waals surface area contributed by atoms with Gasteiger partial charge in [-0.1, -0.05) is 48.8 Å². The lowest BCUT2D eigenvalue weighted by atomic mass is 9.93. The number of carbonyl (C=O) groups excluding carboxylic acids is 10. The number of rotatable bonds is 15. The average molecular weight is 1150 g/mol. The fourth-order valence-corrected chi connectivity index (χ4v) is 11.7. The molecule has 14 N–H and O–H groups in total. The summed E-state index contributed by atoms with van der Waals surface area (Å²) in [6.07, 6.45) is -5.00. The number of aromatic amines is 1. The number of carbonyl (C=O) groups is 10. The van der Waals surface area contributed by atoms with Gasteiger partial charge in [0.15, 0.2) is 6.04 Å². The van der Waals surface area contributed by atoms with E-state index in [4.69, 9.17) is 15.2 Å². The SMILES string of the molecule is CC[C@H](C)[C@@H]1NC(=O)CNC(=O)C2Cc3c([nH]c4cc(OCCSSCCNC(=O)OC(C)(C)C)ccc34)[S@+]([O-])CC(NC(=O)CNC1=O)C(=O)N[C@@H](CC(N)=O)C(=O)N1CC(O)C[C@H]1C(=O)N[C@@H]([C@@H](C)[C@@H](O)CO)C(=O)N2. The van der Waals surface area contributed by atoms with E-state index < -0.39 is 188 Å². The molecule has 0 spiro atoms. The second-order valence-electron chi connectivity index (χ2n) is 20.0. The van der Waals surface area contributed by atoms with E-state index in [2.05, 4.69) is 47.5 Å². The van der Waals surface area contributed by atoms with Crippen molar-refractivity contribution in [1.29, 1.82) is 0 Å². The van der Waals surface area contributed by atoms with Crippen molar-refractivity contribution in [2.24, 2.45) is 17.6 Å². The first-order valence-corrected chi connectivity index (χ1v) is 29.1. The van der Waals surface area contributed by atoms with Crippen LogP contribution in [0, 0.1) is 11.8 Å². The summed E-state index contributed by atoms with van der Waals surface area (Å²) in [5.74, 6) is -10.4. The molecule has 2 bridgehead atoms. The highest BCUT2D eigenvalue weighted by atomic mass is 33.1. The van der Waals surface area contributed by atoms with Crippen molar-refractivity contribution in [1.82, 2.24) is 52.4 Å². The van der Waals surface area contributed by atoms with Gasteiger partial charge in [0.05, 0.1) is 50.4 Å². The van der Waals surface area contributed by atoms with Crippen LogP contribution in [0.2, 0.25) is 0 Å². The molecule has 3 aliphatic heterocycles. The van der Waals surface area contributed by atoms with E-state index in [-0.39, 0.29) is 22.7 Å². The van der Waals surface area contributed by atoms with Gasteiger partial charge in [0.1, 0.15) is 47.3 Å². The van der Waals surface area contributed by atoms with Crippen molar-refractivity contribution in [3.8, 4) is 5.75 Å². The molecule has 30 heteroatoms. The summed E-state index contributed by atoms with van der Waals surface area (Å²) in [7, 11) is 2.98. The van der Waals surface area contributed by atoms with Crippen LogP contribution in [-0.4, -0.2) is 200 Å². The van der Waals surface area contributed by atoms with Crippen LogP contribution in [0.1, 0.15) is 66.4 Å². The Morgan fingerprint density at radius 2 is 1.58 bits per heavy atom. The Morgan fingerprint density at radius 1 is 0.897 bits per heavy atom. The Morgan fingerprint density at radius 3 is 2.24 bits per heavy atom. The van der Waals surface area contributed by atoms with Crippen LogP contribution >= 0.6 is 21.6 Å². The molecule has 27 nitrogen and oxygen atoms in total. The number of nitrogens with zero attached hydrogens (tertiary/aromatic N) is 1. The first kappa shape index (κ1) is 62.8. The number of ether oxygens (including phenoxy) is 2. The summed E-state index contributed by atoms with van der Waals surface area (Å²) >= 11 is -2.40. The standard InChI is InChI=1S/C48H71N11O16S3/c1-7-23(2)38-43(69)52-18-36(64)53-32-22-78(73)45-28(27-9-8-26(15-29(27)56-45)74-11-13-77-76-12-10-50-47(72)75-48(4,5)6)16-30(40(66)51-19-37(65)57-38)54-44(70)39(24(3)34(62)21-60)58-42(68)33-14-25(61)20-59(33)46(71)31(17-35(49)63)55-41(32)67/h8-9,15,23-25,30-34,38-39,56,60-62H,7,10-14,16-22H2,1-6H3,(H2,49,63)(H,50,72)(H,51,66)(H,52,69)(H,53,64)(H,54,70)(H,55,67)(H,57,65)(H,58,68)/t23-,24-,25?,30?,31-,32?,33-,34-,38-,39-,78+/m0/s1. The van der Waals surface area contributed by atoms with Gasteiger partial charge in [-0.3, -0.25) is 43.2 Å². The molecule has 1 aromatic heterocycles.